The van der Waals surface area contributed by atoms with Crippen LogP contribution >= 0.6 is 0 Å². The van der Waals surface area contributed by atoms with Crippen LogP contribution < -0.4 is 19.1 Å². The standard InChI is InChI=1S/C27H30N4O3/c1-2-9-28-26(6-1)31-12-10-29(11-13-31)17-21-7-8-24-23(16-21)19-30(14-15-32-24)18-22-4-3-5-25-27(22)34-20-33-25/h1-9,16H,10-15,17-20H2. The molecule has 0 atom stereocenters. The molecule has 176 valence electrons. The van der Waals surface area contributed by atoms with Gasteiger partial charge in [0.15, 0.2) is 11.5 Å². The van der Waals surface area contributed by atoms with Crippen molar-refractivity contribution in [1.29, 1.82) is 0 Å². The second-order valence-electron chi connectivity index (χ2n) is 9.10. The lowest BCUT2D eigenvalue weighted by Gasteiger charge is -2.35. The number of hydrogen-bond acceptors (Lipinski definition) is 7. The molecule has 1 saturated heterocycles. The SMILES string of the molecule is c1ccc(N2CCN(Cc3ccc4c(c3)CN(Cc3cccc5c3OCO5)CCO4)CC2)nc1. The molecular formula is C27H30N4O3. The number of benzene rings is 2. The highest BCUT2D eigenvalue weighted by molar-refractivity contribution is 5.48. The zero-order chi connectivity index (χ0) is 22.7. The third-order valence-corrected chi connectivity index (χ3v) is 6.81. The maximum absolute atomic E-state index is 6.09. The Morgan fingerprint density at radius 1 is 0.765 bits per heavy atom. The Hall–Kier alpha value is -3.29. The summed E-state index contributed by atoms with van der Waals surface area (Å²) in [4.78, 5) is 11.8. The molecule has 1 aromatic heterocycles. The molecule has 0 radical (unpaired) electrons. The minimum Gasteiger partial charge on any atom is -0.492 e. The monoisotopic (exact) mass is 458 g/mol. The Morgan fingerprint density at radius 2 is 1.71 bits per heavy atom. The third-order valence-electron chi connectivity index (χ3n) is 6.81. The molecule has 4 heterocycles. The molecule has 3 aliphatic heterocycles. The number of hydrogen-bond donors (Lipinski definition) is 0. The highest BCUT2D eigenvalue weighted by atomic mass is 16.7. The zero-order valence-electron chi connectivity index (χ0n) is 19.4. The second-order valence-corrected chi connectivity index (χ2v) is 9.10. The van der Waals surface area contributed by atoms with Gasteiger partial charge in [-0.1, -0.05) is 24.3 Å². The number of piperazine rings is 1. The first-order valence-electron chi connectivity index (χ1n) is 12.0. The molecule has 0 bridgehead atoms. The van der Waals surface area contributed by atoms with Crippen LogP contribution in [0.2, 0.25) is 0 Å². The van der Waals surface area contributed by atoms with Crippen LogP contribution in [0.15, 0.2) is 60.8 Å². The molecule has 0 N–H and O–H groups in total. The van der Waals surface area contributed by atoms with Gasteiger partial charge in [-0.3, -0.25) is 9.80 Å². The van der Waals surface area contributed by atoms with E-state index in [9.17, 15) is 0 Å². The summed E-state index contributed by atoms with van der Waals surface area (Å²) < 4.78 is 17.4. The first-order valence-corrected chi connectivity index (χ1v) is 12.0. The summed E-state index contributed by atoms with van der Waals surface area (Å²) in [6.07, 6.45) is 1.87. The molecule has 0 aliphatic carbocycles. The fourth-order valence-electron chi connectivity index (χ4n) is 5.03. The molecule has 7 nitrogen and oxygen atoms in total. The number of rotatable bonds is 5. The van der Waals surface area contributed by atoms with E-state index in [0.717, 1.165) is 75.4 Å². The predicted octanol–water partition coefficient (Wildman–Crippen LogP) is 3.53. The van der Waals surface area contributed by atoms with Gasteiger partial charge >= 0.3 is 0 Å². The number of fused-ring (bicyclic) bond motifs is 2. The van der Waals surface area contributed by atoms with E-state index in [4.69, 9.17) is 14.2 Å². The molecule has 3 aliphatic rings. The maximum Gasteiger partial charge on any atom is 0.231 e. The molecule has 6 rings (SSSR count). The van der Waals surface area contributed by atoms with Crippen LogP contribution in [0.3, 0.4) is 0 Å². The van der Waals surface area contributed by atoms with E-state index in [1.54, 1.807) is 0 Å². The van der Waals surface area contributed by atoms with Gasteiger partial charge in [0.05, 0.1) is 0 Å². The smallest absolute Gasteiger partial charge is 0.231 e. The Balaban J connectivity index is 1.10. The Bertz CT molecular complexity index is 1130. The minimum absolute atomic E-state index is 0.303. The van der Waals surface area contributed by atoms with Crippen molar-refractivity contribution >= 4 is 5.82 Å². The van der Waals surface area contributed by atoms with Crippen LogP contribution in [-0.2, 0) is 19.6 Å². The van der Waals surface area contributed by atoms with E-state index >= 15 is 0 Å². The summed E-state index contributed by atoms with van der Waals surface area (Å²) in [6, 6.07) is 18.9. The average molecular weight is 459 g/mol. The van der Waals surface area contributed by atoms with Gasteiger partial charge < -0.3 is 19.1 Å². The molecular weight excluding hydrogens is 428 g/mol. The van der Waals surface area contributed by atoms with Crippen LogP contribution in [0.5, 0.6) is 17.2 Å². The maximum atomic E-state index is 6.09. The number of pyridine rings is 1. The number of para-hydroxylation sites is 1. The van der Waals surface area contributed by atoms with Crippen molar-refractivity contribution in [2.45, 2.75) is 19.6 Å². The van der Waals surface area contributed by atoms with Crippen molar-refractivity contribution in [2.75, 3.05) is 51.0 Å². The van der Waals surface area contributed by atoms with Crippen molar-refractivity contribution in [3.8, 4) is 17.2 Å². The van der Waals surface area contributed by atoms with Gasteiger partial charge in [-0.25, -0.2) is 4.98 Å². The summed E-state index contributed by atoms with van der Waals surface area (Å²) in [6.45, 7) is 8.60. The quantitative estimate of drug-likeness (QED) is 0.580. The summed E-state index contributed by atoms with van der Waals surface area (Å²) >= 11 is 0. The summed E-state index contributed by atoms with van der Waals surface area (Å²) in [5, 5.41) is 0. The van der Waals surface area contributed by atoms with Crippen LogP contribution in [0.1, 0.15) is 16.7 Å². The first-order chi connectivity index (χ1) is 16.8. The molecule has 0 unspecified atom stereocenters. The minimum atomic E-state index is 0.303. The number of aromatic nitrogens is 1. The number of ether oxygens (including phenoxy) is 3. The lowest BCUT2D eigenvalue weighted by Crippen LogP contribution is -2.46. The molecule has 3 aromatic rings. The molecule has 0 spiro atoms. The highest BCUT2D eigenvalue weighted by Crippen LogP contribution is 2.36. The topological polar surface area (TPSA) is 50.3 Å². The van der Waals surface area contributed by atoms with Crippen molar-refractivity contribution in [3.05, 3.63) is 77.5 Å². The summed E-state index contributed by atoms with van der Waals surface area (Å²) in [5.74, 6) is 3.80. The Morgan fingerprint density at radius 3 is 2.59 bits per heavy atom. The van der Waals surface area contributed by atoms with Crippen molar-refractivity contribution in [2.24, 2.45) is 0 Å². The fourth-order valence-corrected chi connectivity index (χ4v) is 5.03. The van der Waals surface area contributed by atoms with E-state index in [1.165, 1.54) is 16.7 Å². The van der Waals surface area contributed by atoms with E-state index in [1.807, 2.05) is 24.4 Å². The molecule has 34 heavy (non-hydrogen) atoms. The number of anilines is 1. The van der Waals surface area contributed by atoms with E-state index < -0.39 is 0 Å². The summed E-state index contributed by atoms with van der Waals surface area (Å²) in [7, 11) is 0. The average Bonchev–Trinajstić information content (AvgIpc) is 3.27. The largest absolute Gasteiger partial charge is 0.492 e. The van der Waals surface area contributed by atoms with Crippen molar-refractivity contribution in [1.82, 2.24) is 14.8 Å². The van der Waals surface area contributed by atoms with Crippen LogP contribution in [-0.4, -0.2) is 60.9 Å². The van der Waals surface area contributed by atoms with Crippen LogP contribution in [0.25, 0.3) is 0 Å². The first kappa shape index (κ1) is 21.3. The van der Waals surface area contributed by atoms with Gasteiger partial charge in [-0.15, -0.1) is 0 Å². The van der Waals surface area contributed by atoms with Crippen molar-refractivity contribution < 1.29 is 14.2 Å². The molecule has 1 fully saturated rings. The number of nitrogens with zero attached hydrogens (tertiary/aromatic N) is 4. The van der Waals surface area contributed by atoms with Crippen molar-refractivity contribution in [3.63, 3.8) is 0 Å². The Labute approximate surface area is 200 Å². The predicted molar refractivity (Wildman–Crippen MR) is 130 cm³/mol. The lowest BCUT2D eigenvalue weighted by molar-refractivity contribution is 0.170. The van der Waals surface area contributed by atoms with Gasteiger partial charge in [0.2, 0.25) is 6.79 Å². The normalized spacial score (nSPS) is 18.3. The fraction of sp³-hybridized carbons (Fsp3) is 0.370. The van der Waals surface area contributed by atoms with Crippen LogP contribution in [0.4, 0.5) is 5.82 Å². The van der Waals surface area contributed by atoms with E-state index in [-0.39, 0.29) is 0 Å². The third kappa shape index (κ3) is 4.54. The van der Waals surface area contributed by atoms with Gasteiger partial charge in [0, 0.05) is 69.7 Å². The highest BCUT2D eigenvalue weighted by Gasteiger charge is 2.22. The summed E-state index contributed by atoms with van der Waals surface area (Å²) in [5.41, 5.74) is 3.76. The van der Waals surface area contributed by atoms with Crippen LogP contribution in [0, 0.1) is 0 Å². The Kier molecular flexibility index (Phi) is 5.95. The van der Waals surface area contributed by atoms with E-state index in [2.05, 4.69) is 56.1 Å². The molecule has 0 saturated carbocycles. The zero-order valence-corrected chi connectivity index (χ0v) is 19.4. The van der Waals surface area contributed by atoms with Gasteiger partial charge in [0.25, 0.3) is 0 Å². The van der Waals surface area contributed by atoms with Gasteiger partial charge in [-0.2, -0.15) is 0 Å². The molecule has 0 amide bonds. The molecule has 7 heteroatoms. The molecule has 2 aromatic carbocycles. The van der Waals surface area contributed by atoms with Gasteiger partial charge in [-0.05, 0) is 35.9 Å². The lowest BCUT2D eigenvalue weighted by atomic mass is 10.1. The second kappa shape index (κ2) is 9.52. The van der Waals surface area contributed by atoms with E-state index in [0.29, 0.717) is 13.4 Å². The van der Waals surface area contributed by atoms with Gasteiger partial charge in [0.1, 0.15) is 18.2 Å².